The normalized spacial score (nSPS) is 12.5. The molecule has 122 heavy (non-hydrogen) atoms. The highest BCUT2D eigenvalue weighted by Gasteiger charge is 2.45. The molecule has 2 N–H and O–H groups in total. The van der Waals surface area contributed by atoms with E-state index in [4.69, 9.17) is 88.9 Å². The van der Waals surface area contributed by atoms with Crippen molar-refractivity contribution >= 4 is 256 Å². The molecule has 0 radical (unpaired) electrons. The van der Waals surface area contributed by atoms with E-state index in [2.05, 4.69) is 45.2 Å². The Balaban J connectivity index is 0.000000173. The van der Waals surface area contributed by atoms with Crippen molar-refractivity contribution in [2.75, 3.05) is 80.3 Å². The van der Waals surface area contributed by atoms with Crippen molar-refractivity contribution in [1.29, 1.82) is 0 Å². The van der Waals surface area contributed by atoms with Crippen LogP contribution in [0.15, 0.2) is 253 Å². The van der Waals surface area contributed by atoms with Crippen LogP contribution < -0.4 is 61.9 Å². The van der Waals surface area contributed by atoms with Crippen LogP contribution in [0, 0.1) is 0 Å². The predicted molar refractivity (Wildman–Crippen MR) is 529 cm³/mol. The zero-order valence-corrected chi connectivity index (χ0v) is 79.0. The van der Waals surface area contributed by atoms with E-state index in [1.54, 1.807) is 145 Å². The van der Waals surface area contributed by atoms with Crippen LogP contribution in [-0.4, -0.2) is 169 Å². The summed E-state index contributed by atoms with van der Waals surface area (Å²) in [5.41, 5.74) is 0. The summed E-state index contributed by atoms with van der Waals surface area (Å²) in [6.45, 7) is 20.0. The Labute approximate surface area is 769 Å². The molecule has 3 aliphatic rings. The number of hydrogen-bond acceptors (Lipinski definition) is 30. The van der Waals surface area contributed by atoms with E-state index in [-0.39, 0.29) is 42.7 Å². The van der Waals surface area contributed by atoms with Gasteiger partial charge in [-0.2, -0.15) is 125 Å². The summed E-state index contributed by atoms with van der Waals surface area (Å²) in [5.74, 6) is 1.59. The maximum absolute atomic E-state index is 8.48. The summed E-state index contributed by atoms with van der Waals surface area (Å²) in [6, 6.07) is 63.3. The highest BCUT2D eigenvalue weighted by atomic mass is 32.1. The Morgan fingerprint density at radius 1 is 0.287 bits per heavy atom. The molecular formula is C81H103B11O19S11. The van der Waals surface area contributed by atoms with Crippen LogP contribution in [0.5, 0.6) is 11.5 Å². The number of para-hydroxylation sites is 2. The number of benzene rings is 2. The Kier molecular flexibility index (Phi) is 53.3. The van der Waals surface area contributed by atoms with Gasteiger partial charge in [0.05, 0.1) is 18.0 Å². The first-order valence-corrected chi connectivity index (χ1v) is 50.1. The third kappa shape index (κ3) is 39.2. The highest BCUT2D eigenvalue weighted by molar-refractivity contribution is 7.26. The van der Waals surface area contributed by atoms with Gasteiger partial charge >= 0.3 is 78.3 Å². The van der Waals surface area contributed by atoms with Gasteiger partial charge in [0.15, 0.2) is 0 Å². The lowest BCUT2D eigenvalue weighted by Gasteiger charge is -2.29. The van der Waals surface area contributed by atoms with Crippen LogP contribution >= 0.6 is 125 Å². The van der Waals surface area contributed by atoms with E-state index >= 15 is 0 Å². The minimum Gasteiger partial charge on any atom is -0.522 e. The fourth-order valence-corrected chi connectivity index (χ4v) is 18.2. The smallest absolute Gasteiger partial charge is 0.522 e. The van der Waals surface area contributed by atoms with Gasteiger partial charge in [-0.15, -0.1) is 0 Å². The standard InChI is InChI=1S/C16H13BO2S.C12H9B3O3S3.C12H21BO2S.C10H17BO2S.C8H13BO2S.C7H9BO2S.C6H7BO2S.C6H9BO2S.C4H5BO2S/c1-3-8-14(9-4-1)18-17(16-12-7-13-20-16)19-15-10-5-2-6-11-15;1-4-10(19-7-1)13-16-14(11-5-2-8-20-11)18-15(17-13)12-6-3-9-21-12;1-3-5-9-14-13(15-10-6-4-2)12-8-7-11-16-12;1-3-7-12-11(13-8-4-2)10-6-5-9-14-10;1-3-10-9(11-4-2)8-6-5-7-12-8;1-3-7(11-6-1)8-9-4-2-5-10-8;1-2-6(10-5-1)7-8-3-4-9-7;1-8-7(9-2)6-4-3-5-10-6;6-5(7)4-2-1-3-8-4/h1-13H;1-9H;7-8,11H,3-6,9-10H2,1-2H3;5-6,9H,3-4,7-8H2,1-2H3;5-7H,3-4H2,1-2H3;1,3,6H,2,4-5H2;1-2,5H,3-4H2;3-5H,1-2H3;1-3,6-7H. The molecule has 3 aliphatic heterocycles. The second kappa shape index (κ2) is 63.7. The fourth-order valence-electron chi connectivity index (χ4n) is 10.5. The van der Waals surface area contributed by atoms with E-state index in [9.17, 15) is 0 Å². The summed E-state index contributed by atoms with van der Waals surface area (Å²) in [6.07, 6.45) is 7.58. The fraction of sp³-hybridized carbons (Fsp3) is 0.309. The molecule has 0 saturated carbocycles. The number of thiophene rings is 11. The average Bonchev–Trinajstić information content (AvgIpc) is 1.79. The predicted octanol–water partition coefficient (Wildman–Crippen LogP) is 13.4. The van der Waals surface area contributed by atoms with Gasteiger partial charge in [0.1, 0.15) is 11.5 Å². The number of unbranched alkanes of at least 4 members (excludes halogenated alkanes) is 2. The van der Waals surface area contributed by atoms with Gasteiger partial charge in [-0.05, 0) is 135 Å². The minimum absolute atomic E-state index is 0.0833. The molecule has 0 spiro atoms. The van der Waals surface area contributed by atoms with Crippen LogP contribution in [0.1, 0.15) is 86.5 Å². The molecule has 0 amide bonds. The molecule has 19 nitrogen and oxygen atoms in total. The van der Waals surface area contributed by atoms with Crippen molar-refractivity contribution in [3.8, 4) is 11.5 Å². The van der Waals surface area contributed by atoms with Gasteiger partial charge in [0.2, 0.25) is 0 Å². The second-order valence-electron chi connectivity index (χ2n) is 25.5. The summed E-state index contributed by atoms with van der Waals surface area (Å²) in [7, 11) is -0.484. The lowest BCUT2D eigenvalue weighted by molar-refractivity contribution is 0.144. The molecule has 16 rings (SSSR count). The minimum atomic E-state index is -1.30. The molecule has 0 unspecified atom stereocenters. The summed E-state index contributed by atoms with van der Waals surface area (Å²) in [4.78, 5) is 0. The van der Waals surface area contributed by atoms with Crippen molar-refractivity contribution in [3.05, 3.63) is 253 Å². The van der Waals surface area contributed by atoms with Gasteiger partial charge in [-0.1, -0.05) is 204 Å². The molecule has 640 valence electrons. The van der Waals surface area contributed by atoms with E-state index in [0.29, 0.717) is 18.0 Å². The zero-order chi connectivity index (χ0) is 86.1. The maximum atomic E-state index is 8.48. The third-order valence-corrected chi connectivity index (χ3v) is 26.1. The summed E-state index contributed by atoms with van der Waals surface area (Å²) >= 11 is 17.9. The quantitative estimate of drug-likeness (QED) is 0.0281. The molecule has 0 atom stereocenters. The van der Waals surface area contributed by atoms with Crippen LogP contribution in [-0.2, 0) is 69.6 Å². The van der Waals surface area contributed by atoms with Gasteiger partial charge in [0.25, 0.3) is 0 Å². The average molecular weight is 1850 g/mol. The van der Waals surface area contributed by atoms with Crippen molar-refractivity contribution in [1.82, 2.24) is 0 Å². The molecule has 0 bridgehead atoms. The molecule has 3 saturated heterocycles. The first kappa shape index (κ1) is 102. The molecule has 0 aliphatic carbocycles. The molecule has 2 aromatic carbocycles. The SMILES string of the molecule is CCCCOB(OCCCC)c1cccs1.CCCOB(OCCC)c1cccs1.CCOB(OCC)c1cccs1.COB(OC)c1cccs1.OB(O)c1cccs1.c1ccc(OB(Oc2ccccc2)c2cccs2)cc1.c1csc(B2OB(c3cccs3)OB(c3cccs3)O2)c1.c1csc(B2OCCCO2)c1.c1csc(B2OCCO2)c1. The molecule has 11 aromatic heterocycles. The third-order valence-electron chi connectivity index (χ3n) is 16.3. The lowest BCUT2D eigenvalue weighted by atomic mass is 9.68. The number of rotatable bonds is 35. The topological polar surface area (TPSA) is 197 Å². The van der Waals surface area contributed by atoms with Gasteiger partial charge in [-0.3, -0.25) is 0 Å². The van der Waals surface area contributed by atoms with E-state index < -0.39 is 35.6 Å². The van der Waals surface area contributed by atoms with Gasteiger partial charge in [-0.25, -0.2) is 0 Å². The van der Waals surface area contributed by atoms with Crippen molar-refractivity contribution in [2.45, 2.75) is 86.5 Å². The van der Waals surface area contributed by atoms with Crippen LogP contribution in [0.2, 0.25) is 0 Å². The summed E-state index contributed by atoms with van der Waals surface area (Å²) < 4.78 is 107. The molecule has 3 fully saturated rings. The van der Waals surface area contributed by atoms with Crippen molar-refractivity contribution < 1.29 is 88.9 Å². The van der Waals surface area contributed by atoms with E-state index in [0.717, 1.165) is 148 Å². The van der Waals surface area contributed by atoms with Gasteiger partial charge < -0.3 is 88.9 Å². The monoisotopic (exact) mass is 1850 g/mol. The van der Waals surface area contributed by atoms with Gasteiger partial charge in [0, 0.05) is 115 Å². The molecular weight excluding hydrogens is 1750 g/mol. The van der Waals surface area contributed by atoms with E-state index in [1.807, 2.05) is 232 Å². The van der Waals surface area contributed by atoms with Crippen molar-refractivity contribution in [2.24, 2.45) is 0 Å². The van der Waals surface area contributed by atoms with E-state index in [1.165, 1.54) is 20.9 Å². The Morgan fingerprint density at radius 2 is 0.566 bits per heavy atom. The Hall–Kier alpha value is -5.23. The lowest BCUT2D eigenvalue weighted by Crippen LogP contribution is -2.60. The maximum Gasteiger partial charge on any atom is 0.643 e. The zero-order valence-electron chi connectivity index (χ0n) is 70.0. The second-order valence-corrected chi connectivity index (χ2v) is 36.3. The number of hydrogen-bond donors (Lipinski definition) is 2. The first-order chi connectivity index (χ1) is 60.1. The summed E-state index contributed by atoms with van der Waals surface area (Å²) in [5, 5.41) is 39.1. The van der Waals surface area contributed by atoms with Crippen molar-refractivity contribution in [3.63, 3.8) is 0 Å². The molecule has 14 heterocycles. The van der Waals surface area contributed by atoms with Crippen LogP contribution in [0.4, 0.5) is 0 Å². The Bertz CT molecular complexity index is 4210. The largest absolute Gasteiger partial charge is 0.643 e. The van der Waals surface area contributed by atoms with Crippen LogP contribution in [0.3, 0.4) is 0 Å². The Morgan fingerprint density at radius 3 is 0.836 bits per heavy atom. The molecule has 41 heteroatoms. The highest BCUT2D eigenvalue weighted by Crippen LogP contribution is 2.18. The van der Waals surface area contributed by atoms with Crippen LogP contribution in [0.25, 0.3) is 0 Å². The first-order valence-electron chi connectivity index (χ1n) is 40.4. The molecule has 13 aromatic rings.